The van der Waals surface area contributed by atoms with Crippen LogP contribution < -0.4 is 4.90 Å². The SMILES string of the molecule is FC1(F)CC12CCN(c1nc3ccc(Cl)cc3o1)CC2. The molecule has 0 radical (unpaired) electrons. The molecule has 1 aliphatic carbocycles. The number of rotatable bonds is 1. The van der Waals surface area contributed by atoms with E-state index < -0.39 is 11.3 Å². The predicted octanol–water partition coefficient (Wildman–Crippen LogP) is 4.11. The Bertz CT molecular complexity index is 677. The second-order valence-electron chi connectivity index (χ2n) is 5.76. The van der Waals surface area contributed by atoms with Crippen molar-refractivity contribution in [3.63, 3.8) is 0 Å². The molecule has 1 saturated carbocycles. The van der Waals surface area contributed by atoms with Crippen LogP contribution in [-0.4, -0.2) is 24.0 Å². The third-order valence-corrected chi connectivity index (χ3v) is 4.78. The number of fused-ring (bicyclic) bond motifs is 1. The maximum absolute atomic E-state index is 13.3. The fourth-order valence-corrected chi connectivity index (χ4v) is 3.23. The Hall–Kier alpha value is -1.36. The molecule has 2 fully saturated rings. The van der Waals surface area contributed by atoms with Gasteiger partial charge in [-0.3, -0.25) is 0 Å². The maximum atomic E-state index is 13.3. The zero-order valence-corrected chi connectivity index (χ0v) is 11.5. The first-order valence-corrected chi connectivity index (χ1v) is 7.06. The van der Waals surface area contributed by atoms with Gasteiger partial charge in [-0.05, 0) is 25.0 Å². The standard InChI is InChI=1S/C14H13ClF2N2O/c15-9-1-2-10-11(7-9)20-12(18-10)19-5-3-13(4-6-19)8-14(13,16)17/h1-2,7H,3-6,8H2. The number of nitrogens with zero attached hydrogens (tertiary/aromatic N) is 2. The van der Waals surface area contributed by atoms with Gasteiger partial charge in [-0.2, -0.15) is 4.98 Å². The molecular formula is C14H13ClF2N2O. The van der Waals surface area contributed by atoms with Crippen LogP contribution in [0.3, 0.4) is 0 Å². The summed E-state index contributed by atoms with van der Waals surface area (Å²) in [6, 6.07) is 5.77. The predicted molar refractivity (Wildman–Crippen MR) is 72.5 cm³/mol. The Balaban J connectivity index is 1.56. The molecule has 1 aromatic carbocycles. The summed E-state index contributed by atoms with van der Waals surface area (Å²) in [7, 11) is 0. The van der Waals surface area contributed by atoms with Crippen LogP contribution in [0.4, 0.5) is 14.8 Å². The number of benzene rings is 1. The number of oxazole rings is 1. The van der Waals surface area contributed by atoms with E-state index in [1.165, 1.54) is 0 Å². The first-order chi connectivity index (χ1) is 9.49. The summed E-state index contributed by atoms with van der Waals surface area (Å²) in [6.45, 7) is 1.13. The third-order valence-electron chi connectivity index (χ3n) is 4.54. The highest BCUT2D eigenvalue weighted by Gasteiger charge is 2.70. The first kappa shape index (κ1) is 12.4. The largest absolute Gasteiger partial charge is 0.423 e. The highest BCUT2D eigenvalue weighted by molar-refractivity contribution is 6.31. The fourth-order valence-electron chi connectivity index (χ4n) is 3.07. The van der Waals surface area contributed by atoms with Crippen LogP contribution >= 0.6 is 11.6 Å². The maximum Gasteiger partial charge on any atom is 0.298 e. The number of hydrogen-bond acceptors (Lipinski definition) is 3. The van der Waals surface area contributed by atoms with E-state index in [0.29, 0.717) is 42.6 Å². The lowest BCUT2D eigenvalue weighted by Gasteiger charge is -2.30. The van der Waals surface area contributed by atoms with Gasteiger partial charge in [-0.1, -0.05) is 11.6 Å². The van der Waals surface area contributed by atoms with Crippen molar-refractivity contribution < 1.29 is 13.2 Å². The van der Waals surface area contributed by atoms with E-state index in [-0.39, 0.29) is 6.42 Å². The molecular weight excluding hydrogens is 286 g/mol. The van der Waals surface area contributed by atoms with Crippen molar-refractivity contribution >= 4 is 28.7 Å². The Labute approximate surface area is 119 Å². The van der Waals surface area contributed by atoms with Gasteiger partial charge in [-0.15, -0.1) is 0 Å². The Morgan fingerprint density at radius 1 is 1.25 bits per heavy atom. The number of aromatic nitrogens is 1. The number of anilines is 1. The van der Waals surface area contributed by atoms with Crippen LogP contribution in [-0.2, 0) is 0 Å². The topological polar surface area (TPSA) is 29.3 Å². The molecule has 1 aromatic heterocycles. The van der Waals surface area contributed by atoms with Crippen LogP contribution in [0.2, 0.25) is 5.02 Å². The second-order valence-corrected chi connectivity index (χ2v) is 6.19. The summed E-state index contributed by atoms with van der Waals surface area (Å²) in [5.74, 6) is -2.46. The lowest BCUT2D eigenvalue weighted by Crippen LogP contribution is -2.36. The van der Waals surface area contributed by atoms with Gasteiger partial charge in [0.25, 0.3) is 11.9 Å². The average molecular weight is 299 g/mol. The van der Waals surface area contributed by atoms with Crippen molar-refractivity contribution in [2.75, 3.05) is 18.0 Å². The molecule has 2 aliphatic rings. The van der Waals surface area contributed by atoms with E-state index >= 15 is 0 Å². The summed E-state index contributed by atoms with van der Waals surface area (Å²) >= 11 is 5.91. The van der Waals surface area contributed by atoms with Crippen molar-refractivity contribution in [2.24, 2.45) is 5.41 Å². The molecule has 0 bridgehead atoms. The van der Waals surface area contributed by atoms with Crippen LogP contribution in [0.5, 0.6) is 0 Å². The third kappa shape index (κ3) is 1.72. The van der Waals surface area contributed by atoms with E-state index in [4.69, 9.17) is 16.0 Å². The minimum absolute atomic E-state index is 0.0387. The average Bonchev–Trinajstić information content (AvgIpc) is 2.77. The zero-order chi connectivity index (χ0) is 14.0. The second kappa shape index (κ2) is 3.85. The van der Waals surface area contributed by atoms with Crippen LogP contribution in [0.25, 0.3) is 11.1 Å². The van der Waals surface area contributed by atoms with Crippen LogP contribution in [0.15, 0.2) is 22.6 Å². The van der Waals surface area contributed by atoms with Gasteiger partial charge in [0.1, 0.15) is 5.52 Å². The minimum Gasteiger partial charge on any atom is -0.423 e. The van der Waals surface area contributed by atoms with Crippen molar-refractivity contribution in [3.05, 3.63) is 23.2 Å². The van der Waals surface area contributed by atoms with Gasteiger partial charge in [0.05, 0.1) is 0 Å². The molecule has 106 valence electrons. The molecule has 1 saturated heterocycles. The molecule has 1 aliphatic heterocycles. The monoisotopic (exact) mass is 298 g/mol. The van der Waals surface area contributed by atoms with Gasteiger partial charge in [0.2, 0.25) is 0 Å². The molecule has 20 heavy (non-hydrogen) atoms. The van der Waals surface area contributed by atoms with Gasteiger partial charge in [-0.25, -0.2) is 8.78 Å². The molecule has 1 spiro atoms. The number of piperidine rings is 1. The minimum atomic E-state index is -2.46. The molecule has 2 heterocycles. The highest BCUT2D eigenvalue weighted by atomic mass is 35.5. The van der Waals surface area contributed by atoms with Crippen molar-refractivity contribution in [1.29, 1.82) is 0 Å². The summed E-state index contributed by atoms with van der Waals surface area (Å²) < 4.78 is 32.4. The van der Waals surface area contributed by atoms with Gasteiger partial charge in [0.15, 0.2) is 5.58 Å². The van der Waals surface area contributed by atoms with Gasteiger partial charge < -0.3 is 9.32 Å². The van der Waals surface area contributed by atoms with Crippen LogP contribution in [0, 0.1) is 5.41 Å². The van der Waals surface area contributed by atoms with E-state index in [9.17, 15) is 8.78 Å². The lowest BCUT2D eigenvalue weighted by molar-refractivity contribution is 0.0533. The van der Waals surface area contributed by atoms with E-state index in [1.807, 2.05) is 4.90 Å². The summed E-state index contributed by atoms with van der Waals surface area (Å²) in [6.07, 6.45) is 1.04. The molecule has 0 unspecified atom stereocenters. The first-order valence-electron chi connectivity index (χ1n) is 6.68. The quantitative estimate of drug-likeness (QED) is 0.793. The van der Waals surface area contributed by atoms with Gasteiger partial charge >= 0.3 is 0 Å². The Morgan fingerprint density at radius 3 is 2.60 bits per heavy atom. The van der Waals surface area contributed by atoms with E-state index in [0.717, 1.165) is 5.52 Å². The molecule has 6 heteroatoms. The summed E-state index contributed by atoms with van der Waals surface area (Å²) in [5, 5.41) is 0.593. The molecule has 4 rings (SSSR count). The summed E-state index contributed by atoms with van der Waals surface area (Å²) in [5.41, 5.74) is 0.615. The van der Waals surface area contributed by atoms with Gasteiger partial charge in [0, 0.05) is 36.0 Å². The lowest BCUT2D eigenvalue weighted by atomic mass is 9.93. The zero-order valence-electron chi connectivity index (χ0n) is 10.7. The number of hydrogen-bond donors (Lipinski definition) is 0. The highest BCUT2D eigenvalue weighted by Crippen LogP contribution is 2.65. The van der Waals surface area contributed by atoms with Crippen molar-refractivity contribution in [1.82, 2.24) is 4.98 Å². The van der Waals surface area contributed by atoms with Crippen molar-refractivity contribution in [3.8, 4) is 0 Å². The summed E-state index contributed by atoms with van der Waals surface area (Å²) in [4.78, 5) is 6.33. The molecule has 0 N–H and O–H groups in total. The fraction of sp³-hybridized carbons (Fsp3) is 0.500. The van der Waals surface area contributed by atoms with Crippen molar-refractivity contribution in [2.45, 2.75) is 25.2 Å². The molecule has 0 amide bonds. The Kier molecular flexibility index (Phi) is 2.38. The molecule has 2 aromatic rings. The number of alkyl halides is 2. The number of halogens is 3. The van der Waals surface area contributed by atoms with E-state index in [2.05, 4.69) is 4.98 Å². The van der Waals surface area contributed by atoms with E-state index in [1.54, 1.807) is 18.2 Å². The Morgan fingerprint density at radius 2 is 1.95 bits per heavy atom. The normalized spacial score (nSPS) is 23.4. The van der Waals surface area contributed by atoms with Crippen LogP contribution in [0.1, 0.15) is 19.3 Å². The molecule has 0 atom stereocenters. The smallest absolute Gasteiger partial charge is 0.298 e. The molecule has 3 nitrogen and oxygen atoms in total.